The van der Waals surface area contributed by atoms with Gasteiger partial charge in [-0.15, -0.1) is 5.10 Å². The maximum Gasteiger partial charge on any atom is 0.339 e. The summed E-state index contributed by atoms with van der Waals surface area (Å²) in [7, 11) is -4.07. The molecule has 130 valence electrons. The molecule has 0 atom stereocenters. The molecule has 2 heterocycles. The number of hydrogen-bond donors (Lipinski definition) is 0. The zero-order valence-electron chi connectivity index (χ0n) is 13.0. The van der Waals surface area contributed by atoms with E-state index in [0.29, 0.717) is 21.6 Å². The predicted molar refractivity (Wildman–Crippen MR) is 93.7 cm³/mol. The summed E-state index contributed by atoms with van der Waals surface area (Å²) in [4.78, 5) is 4.12. The van der Waals surface area contributed by atoms with Gasteiger partial charge >= 0.3 is 10.1 Å². The van der Waals surface area contributed by atoms with Crippen LogP contribution in [0.3, 0.4) is 0 Å². The Morgan fingerprint density at radius 2 is 1.85 bits per heavy atom. The van der Waals surface area contributed by atoms with E-state index in [1.165, 1.54) is 35.3 Å². The molecule has 2 aromatic heterocycles. The molecule has 2 aromatic carbocycles. The summed E-state index contributed by atoms with van der Waals surface area (Å²) in [5.74, 6) is 0.161. The second-order valence-corrected chi connectivity index (χ2v) is 7.15. The van der Waals surface area contributed by atoms with Crippen LogP contribution in [0.4, 0.5) is 0 Å². The molecule has 8 nitrogen and oxygen atoms in total. The second kappa shape index (κ2) is 6.36. The van der Waals surface area contributed by atoms with Gasteiger partial charge in [0.1, 0.15) is 17.0 Å². The van der Waals surface area contributed by atoms with Gasteiger partial charge in [0.05, 0.1) is 16.2 Å². The molecule has 0 saturated heterocycles. The third-order valence-electron chi connectivity index (χ3n) is 3.61. The van der Waals surface area contributed by atoms with Gasteiger partial charge in [0.25, 0.3) is 0 Å². The van der Waals surface area contributed by atoms with E-state index in [0.717, 1.165) is 0 Å². The number of aromatic nitrogens is 5. The van der Waals surface area contributed by atoms with E-state index in [4.69, 9.17) is 15.8 Å². The molecule has 26 heavy (non-hydrogen) atoms. The third-order valence-corrected chi connectivity index (χ3v) is 5.22. The average molecular weight is 388 g/mol. The Kier molecular flexibility index (Phi) is 4.02. The molecule has 0 saturated carbocycles. The van der Waals surface area contributed by atoms with Crippen LogP contribution in [0.15, 0.2) is 66.0 Å². The zero-order chi connectivity index (χ0) is 18.1. The first-order valence-corrected chi connectivity index (χ1v) is 9.14. The summed E-state index contributed by atoms with van der Waals surface area (Å²) in [5, 5.41) is 11.6. The lowest BCUT2D eigenvalue weighted by Crippen LogP contribution is -2.10. The average Bonchev–Trinajstić information content (AvgIpc) is 3.17. The number of benzene rings is 2. The molecule has 0 bridgehead atoms. The molecule has 0 radical (unpaired) electrons. The highest BCUT2D eigenvalue weighted by Gasteiger charge is 2.21. The Hall–Kier alpha value is -3.04. The lowest BCUT2D eigenvalue weighted by Gasteiger charge is -2.10. The van der Waals surface area contributed by atoms with Crippen LogP contribution in [0.2, 0.25) is 5.02 Å². The van der Waals surface area contributed by atoms with Crippen LogP contribution in [-0.4, -0.2) is 33.6 Å². The second-order valence-electron chi connectivity index (χ2n) is 5.23. The maximum absolute atomic E-state index is 12.7. The van der Waals surface area contributed by atoms with Gasteiger partial charge in [-0.05, 0) is 59.0 Å². The Bertz CT molecular complexity index is 1180. The van der Waals surface area contributed by atoms with E-state index in [9.17, 15) is 8.42 Å². The summed E-state index contributed by atoms with van der Waals surface area (Å²) in [6.07, 6.45) is 2.97. The SMILES string of the molecule is O=S(=O)(Oc1ccc(-n2cnnn2)cc1)c1ccc(Cl)c2ncccc12. The van der Waals surface area contributed by atoms with Gasteiger partial charge in [0.15, 0.2) is 0 Å². The normalized spacial score (nSPS) is 11.6. The van der Waals surface area contributed by atoms with Gasteiger partial charge in [-0.3, -0.25) is 4.98 Å². The van der Waals surface area contributed by atoms with Crippen molar-refractivity contribution in [3.8, 4) is 11.4 Å². The van der Waals surface area contributed by atoms with E-state index >= 15 is 0 Å². The minimum atomic E-state index is -4.07. The number of rotatable bonds is 4. The maximum atomic E-state index is 12.7. The summed E-state index contributed by atoms with van der Waals surface area (Å²) < 4.78 is 32.1. The molecule has 4 rings (SSSR count). The van der Waals surface area contributed by atoms with Gasteiger partial charge in [-0.2, -0.15) is 8.42 Å². The van der Waals surface area contributed by atoms with E-state index in [1.54, 1.807) is 30.5 Å². The summed E-state index contributed by atoms with van der Waals surface area (Å²) >= 11 is 6.09. The molecule has 0 aliphatic rings. The summed E-state index contributed by atoms with van der Waals surface area (Å²) in [6.45, 7) is 0. The highest BCUT2D eigenvalue weighted by atomic mass is 35.5. The van der Waals surface area contributed by atoms with Crippen molar-refractivity contribution in [3.05, 3.63) is 66.1 Å². The minimum absolute atomic E-state index is 0.00504. The monoisotopic (exact) mass is 387 g/mol. The highest BCUT2D eigenvalue weighted by Crippen LogP contribution is 2.29. The first kappa shape index (κ1) is 16.4. The molecule has 0 fully saturated rings. The topological polar surface area (TPSA) is 99.9 Å². The Balaban J connectivity index is 1.69. The van der Waals surface area contributed by atoms with E-state index < -0.39 is 10.1 Å². The summed E-state index contributed by atoms with van der Waals surface area (Å²) in [5.41, 5.74) is 1.06. The molecular weight excluding hydrogens is 378 g/mol. The van der Waals surface area contributed by atoms with Crippen LogP contribution in [0.5, 0.6) is 5.75 Å². The number of nitrogens with zero attached hydrogens (tertiary/aromatic N) is 5. The largest absolute Gasteiger partial charge is 0.379 e. The van der Waals surface area contributed by atoms with Crippen molar-refractivity contribution >= 4 is 32.6 Å². The van der Waals surface area contributed by atoms with Crippen molar-refractivity contribution in [2.24, 2.45) is 0 Å². The molecular formula is C16H10ClN5O3S. The number of hydrogen-bond acceptors (Lipinski definition) is 7. The Labute approximate surface area is 153 Å². The fourth-order valence-corrected chi connectivity index (χ4v) is 3.77. The lowest BCUT2D eigenvalue weighted by atomic mass is 10.2. The van der Waals surface area contributed by atoms with Gasteiger partial charge in [-0.1, -0.05) is 11.6 Å². The first-order valence-electron chi connectivity index (χ1n) is 7.36. The molecule has 0 spiro atoms. The predicted octanol–water partition coefficient (Wildman–Crippen LogP) is 2.63. The molecule has 4 aromatic rings. The first-order chi connectivity index (χ1) is 12.5. The Morgan fingerprint density at radius 1 is 1.04 bits per heavy atom. The quantitative estimate of drug-likeness (QED) is 0.496. The molecule has 0 aliphatic heterocycles. The zero-order valence-corrected chi connectivity index (χ0v) is 14.6. The standard InChI is InChI=1S/C16H10ClN5O3S/c17-14-7-8-15(13-2-1-9-18-16(13)14)26(23,24)25-12-5-3-11(4-6-12)22-10-19-20-21-22/h1-10H. The highest BCUT2D eigenvalue weighted by molar-refractivity contribution is 7.87. The van der Waals surface area contributed by atoms with Crippen LogP contribution >= 0.6 is 11.6 Å². The Morgan fingerprint density at radius 3 is 2.58 bits per heavy atom. The molecule has 0 amide bonds. The van der Waals surface area contributed by atoms with Crippen molar-refractivity contribution in [2.45, 2.75) is 4.90 Å². The smallest absolute Gasteiger partial charge is 0.339 e. The molecule has 0 N–H and O–H groups in total. The van der Waals surface area contributed by atoms with Crippen molar-refractivity contribution in [1.82, 2.24) is 25.2 Å². The van der Waals surface area contributed by atoms with E-state index in [1.807, 2.05) is 0 Å². The van der Waals surface area contributed by atoms with Crippen LogP contribution in [-0.2, 0) is 10.1 Å². The van der Waals surface area contributed by atoms with Crippen molar-refractivity contribution in [1.29, 1.82) is 0 Å². The number of tetrazole rings is 1. The van der Waals surface area contributed by atoms with Gasteiger partial charge < -0.3 is 4.18 Å². The van der Waals surface area contributed by atoms with Crippen molar-refractivity contribution < 1.29 is 12.6 Å². The molecule has 0 unspecified atom stereocenters. The molecule has 0 aliphatic carbocycles. The van der Waals surface area contributed by atoms with Crippen molar-refractivity contribution in [3.63, 3.8) is 0 Å². The van der Waals surface area contributed by atoms with E-state index in [2.05, 4.69) is 20.5 Å². The lowest BCUT2D eigenvalue weighted by molar-refractivity contribution is 0.487. The van der Waals surface area contributed by atoms with E-state index in [-0.39, 0.29) is 10.6 Å². The number of halogens is 1. The van der Waals surface area contributed by atoms with Crippen LogP contribution in [0.25, 0.3) is 16.6 Å². The fraction of sp³-hybridized carbons (Fsp3) is 0. The van der Waals surface area contributed by atoms with Crippen LogP contribution in [0, 0.1) is 0 Å². The number of pyridine rings is 1. The van der Waals surface area contributed by atoms with Gasteiger partial charge in [-0.25, -0.2) is 4.68 Å². The van der Waals surface area contributed by atoms with Gasteiger partial charge in [0, 0.05) is 11.6 Å². The minimum Gasteiger partial charge on any atom is -0.379 e. The van der Waals surface area contributed by atoms with Crippen LogP contribution in [0.1, 0.15) is 0 Å². The molecule has 10 heteroatoms. The third kappa shape index (κ3) is 2.98. The van der Waals surface area contributed by atoms with Crippen molar-refractivity contribution in [2.75, 3.05) is 0 Å². The summed E-state index contributed by atoms with van der Waals surface area (Å²) in [6, 6.07) is 12.5. The number of fused-ring (bicyclic) bond motifs is 1. The van der Waals surface area contributed by atoms with Crippen LogP contribution < -0.4 is 4.18 Å². The fourth-order valence-electron chi connectivity index (χ4n) is 2.44. The van der Waals surface area contributed by atoms with Gasteiger partial charge in [0.2, 0.25) is 0 Å².